The number of carbonyl (C=O) groups excluding carboxylic acids is 1. The minimum absolute atomic E-state index is 0.107. The van der Waals surface area contributed by atoms with E-state index in [9.17, 15) is 18.0 Å². The van der Waals surface area contributed by atoms with E-state index in [0.29, 0.717) is 6.61 Å². The number of ether oxygens (including phenoxy) is 2. The summed E-state index contributed by atoms with van der Waals surface area (Å²) in [6.07, 6.45) is -4.75. The standard InChI is InChI=1S/C13H17F3N2O3/c1-8(6-20-2)21-7-12(19)18-11-4-3-9(5-10(11)17)13(14,15)16/h3-5,8H,6-7,17H2,1-2H3,(H,18,19). The smallest absolute Gasteiger partial charge is 0.397 e. The minimum atomic E-state index is -4.48. The highest BCUT2D eigenvalue weighted by Gasteiger charge is 2.30. The van der Waals surface area contributed by atoms with Gasteiger partial charge >= 0.3 is 6.18 Å². The molecule has 1 rings (SSSR count). The molecule has 0 fully saturated rings. The molecule has 21 heavy (non-hydrogen) atoms. The number of nitrogens with two attached hydrogens (primary N) is 1. The molecule has 0 aromatic heterocycles. The van der Waals surface area contributed by atoms with Gasteiger partial charge in [-0.2, -0.15) is 13.2 Å². The third-order valence-corrected chi connectivity index (χ3v) is 2.55. The number of alkyl halides is 3. The highest BCUT2D eigenvalue weighted by Crippen LogP contribution is 2.32. The van der Waals surface area contributed by atoms with Gasteiger partial charge in [-0.3, -0.25) is 4.79 Å². The average Bonchev–Trinajstić information content (AvgIpc) is 2.38. The molecule has 0 aliphatic rings. The number of benzene rings is 1. The Morgan fingerprint density at radius 2 is 2.10 bits per heavy atom. The lowest BCUT2D eigenvalue weighted by Gasteiger charge is -2.14. The maximum Gasteiger partial charge on any atom is 0.416 e. The van der Waals surface area contributed by atoms with Gasteiger partial charge in [0.05, 0.1) is 29.6 Å². The summed E-state index contributed by atoms with van der Waals surface area (Å²) in [5.74, 6) is -0.510. The normalized spacial score (nSPS) is 13.0. The van der Waals surface area contributed by atoms with Crippen LogP contribution < -0.4 is 11.1 Å². The molecule has 0 saturated carbocycles. The molecule has 1 atom stereocenters. The Bertz CT molecular complexity index is 492. The molecule has 8 heteroatoms. The molecule has 0 radical (unpaired) electrons. The van der Waals surface area contributed by atoms with Crippen LogP contribution in [0.3, 0.4) is 0 Å². The summed E-state index contributed by atoms with van der Waals surface area (Å²) < 4.78 is 47.4. The average molecular weight is 306 g/mol. The van der Waals surface area contributed by atoms with Gasteiger partial charge in [-0.25, -0.2) is 0 Å². The van der Waals surface area contributed by atoms with E-state index in [1.807, 2.05) is 0 Å². The number of nitrogens with one attached hydrogen (secondary N) is 1. The van der Waals surface area contributed by atoms with Gasteiger partial charge in [-0.15, -0.1) is 0 Å². The molecular weight excluding hydrogens is 289 g/mol. The summed E-state index contributed by atoms with van der Waals surface area (Å²) in [5.41, 5.74) is 4.57. The zero-order valence-corrected chi connectivity index (χ0v) is 11.7. The summed E-state index contributed by atoms with van der Waals surface area (Å²) in [6.45, 7) is 1.81. The van der Waals surface area contributed by atoms with Crippen molar-refractivity contribution in [2.45, 2.75) is 19.2 Å². The molecule has 1 aromatic carbocycles. The summed E-state index contributed by atoms with van der Waals surface area (Å²) in [4.78, 5) is 11.6. The van der Waals surface area contributed by atoms with Gasteiger partial charge in [-0.1, -0.05) is 0 Å². The number of amides is 1. The number of halogens is 3. The van der Waals surface area contributed by atoms with Crippen LogP contribution in [0, 0.1) is 0 Å². The van der Waals surface area contributed by atoms with Crippen LogP contribution in [-0.2, 0) is 20.4 Å². The monoisotopic (exact) mass is 306 g/mol. The first-order chi connectivity index (χ1) is 9.74. The second-order valence-electron chi connectivity index (χ2n) is 4.42. The number of anilines is 2. The topological polar surface area (TPSA) is 73.6 Å². The Morgan fingerprint density at radius 1 is 1.43 bits per heavy atom. The number of carbonyl (C=O) groups is 1. The van der Waals surface area contributed by atoms with Crippen LogP contribution in [0.15, 0.2) is 18.2 Å². The van der Waals surface area contributed by atoms with Crippen molar-refractivity contribution in [1.29, 1.82) is 0 Å². The zero-order valence-electron chi connectivity index (χ0n) is 11.7. The van der Waals surface area contributed by atoms with Gasteiger partial charge in [0.25, 0.3) is 0 Å². The summed E-state index contributed by atoms with van der Waals surface area (Å²) in [6, 6.07) is 2.72. The van der Waals surface area contributed by atoms with Crippen molar-refractivity contribution in [3.05, 3.63) is 23.8 Å². The number of hydrogen-bond donors (Lipinski definition) is 2. The van der Waals surface area contributed by atoms with Gasteiger partial charge in [0, 0.05) is 7.11 Å². The van der Waals surface area contributed by atoms with Crippen LogP contribution >= 0.6 is 0 Å². The van der Waals surface area contributed by atoms with Crippen LogP contribution in [0.4, 0.5) is 24.5 Å². The molecule has 0 heterocycles. The third-order valence-electron chi connectivity index (χ3n) is 2.55. The van der Waals surface area contributed by atoms with Crippen molar-refractivity contribution in [2.24, 2.45) is 0 Å². The molecule has 1 amide bonds. The molecule has 1 aromatic rings. The second kappa shape index (κ2) is 7.28. The molecule has 118 valence electrons. The molecule has 0 saturated heterocycles. The van der Waals surface area contributed by atoms with E-state index in [1.165, 1.54) is 7.11 Å². The quantitative estimate of drug-likeness (QED) is 0.791. The van der Waals surface area contributed by atoms with Crippen molar-refractivity contribution < 1.29 is 27.4 Å². The maximum atomic E-state index is 12.5. The molecule has 1 unspecified atom stereocenters. The van der Waals surface area contributed by atoms with E-state index in [-0.39, 0.29) is 24.1 Å². The second-order valence-corrected chi connectivity index (χ2v) is 4.42. The first-order valence-electron chi connectivity index (χ1n) is 6.11. The summed E-state index contributed by atoms with van der Waals surface area (Å²) in [7, 11) is 1.50. The third kappa shape index (κ3) is 5.60. The Labute approximate surface area is 120 Å². The van der Waals surface area contributed by atoms with Crippen molar-refractivity contribution in [1.82, 2.24) is 0 Å². The predicted molar refractivity (Wildman–Crippen MR) is 71.8 cm³/mol. The van der Waals surface area contributed by atoms with E-state index in [2.05, 4.69) is 5.32 Å². The van der Waals surface area contributed by atoms with Crippen LogP contribution in [0.2, 0.25) is 0 Å². The Hall–Kier alpha value is -1.80. The van der Waals surface area contributed by atoms with Gasteiger partial charge < -0.3 is 20.5 Å². The van der Waals surface area contributed by atoms with Crippen LogP contribution in [0.5, 0.6) is 0 Å². The SMILES string of the molecule is COCC(C)OCC(=O)Nc1ccc(C(F)(F)F)cc1N. The first-order valence-corrected chi connectivity index (χ1v) is 6.11. The molecule has 0 spiro atoms. The lowest BCUT2D eigenvalue weighted by atomic mass is 10.1. The van der Waals surface area contributed by atoms with Gasteiger partial charge in [0.1, 0.15) is 6.61 Å². The van der Waals surface area contributed by atoms with Crippen LogP contribution in [0.25, 0.3) is 0 Å². The lowest BCUT2D eigenvalue weighted by molar-refractivity contribution is -0.137. The Kier molecular flexibility index (Phi) is 5.98. The Balaban J connectivity index is 2.61. The van der Waals surface area contributed by atoms with E-state index >= 15 is 0 Å². The van der Waals surface area contributed by atoms with Gasteiger partial charge in [0.15, 0.2) is 0 Å². The molecule has 0 aliphatic carbocycles. The van der Waals surface area contributed by atoms with Crippen molar-refractivity contribution in [2.75, 3.05) is 31.4 Å². The summed E-state index contributed by atoms with van der Waals surface area (Å²) in [5, 5.41) is 2.39. The van der Waals surface area contributed by atoms with Crippen molar-refractivity contribution >= 4 is 17.3 Å². The Morgan fingerprint density at radius 3 is 2.62 bits per heavy atom. The minimum Gasteiger partial charge on any atom is -0.397 e. The number of methoxy groups -OCH3 is 1. The zero-order chi connectivity index (χ0) is 16.0. The highest BCUT2D eigenvalue weighted by molar-refractivity contribution is 5.94. The van der Waals surface area contributed by atoms with Crippen LogP contribution in [-0.4, -0.2) is 32.3 Å². The fraction of sp³-hybridized carbons (Fsp3) is 0.462. The largest absolute Gasteiger partial charge is 0.416 e. The maximum absolute atomic E-state index is 12.5. The number of rotatable bonds is 6. The van der Waals surface area contributed by atoms with E-state index in [4.69, 9.17) is 15.2 Å². The fourth-order valence-corrected chi connectivity index (χ4v) is 1.54. The van der Waals surface area contributed by atoms with E-state index in [1.54, 1.807) is 6.92 Å². The first kappa shape index (κ1) is 17.3. The molecule has 0 bridgehead atoms. The highest BCUT2D eigenvalue weighted by atomic mass is 19.4. The van der Waals surface area contributed by atoms with Crippen molar-refractivity contribution in [3.63, 3.8) is 0 Å². The lowest BCUT2D eigenvalue weighted by Crippen LogP contribution is -2.24. The van der Waals surface area contributed by atoms with E-state index in [0.717, 1.165) is 18.2 Å². The van der Waals surface area contributed by atoms with Crippen LogP contribution in [0.1, 0.15) is 12.5 Å². The molecule has 0 aliphatic heterocycles. The molecule has 5 nitrogen and oxygen atoms in total. The fourth-order valence-electron chi connectivity index (χ4n) is 1.54. The van der Waals surface area contributed by atoms with E-state index < -0.39 is 17.6 Å². The number of hydrogen-bond acceptors (Lipinski definition) is 4. The molecule has 3 N–H and O–H groups in total. The number of nitrogen functional groups attached to an aromatic ring is 1. The molecular formula is C13H17F3N2O3. The van der Waals surface area contributed by atoms with Crippen molar-refractivity contribution in [3.8, 4) is 0 Å². The predicted octanol–water partition coefficient (Wildman–Crippen LogP) is 2.28. The van der Waals surface area contributed by atoms with Gasteiger partial charge in [0.2, 0.25) is 5.91 Å². The van der Waals surface area contributed by atoms with Gasteiger partial charge in [-0.05, 0) is 25.1 Å². The summed E-state index contributed by atoms with van der Waals surface area (Å²) >= 11 is 0.